The Morgan fingerprint density at radius 1 is 1.11 bits per heavy atom. The Kier molecular flexibility index (Phi) is 5.49. The molecule has 0 radical (unpaired) electrons. The van der Waals surface area contributed by atoms with Gasteiger partial charge < -0.3 is 10.2 Å². The van der Waals surface area contributed by atoms with Crippen LogP contribution in [0.3, 0.4) is 0 Å². The first-order chi connectivity index (χ1) is 8.97. The molecule has 0 aliphatic carbocycles. The highest BCUT2D eigenvalue weighted by Crippen LogP contribution is 2.62. The average molecular weight is 283 g/mol. The van der Waals surface area contributed by atoms with Crippen LogP contribution in [0.2, 0.25) is 0 Å². The first-order valence-corrected chi connectivity index (χ1v) is 8.57. The Hall–Kier alpha value is -1.41. The molecule has 19 heavy (non-hydrogen) atoms. The molecule has 1 unspecified atom stereocenters. The lowest BCUT2D eigenvalue weighted by atomic mass is 10.3. The van der Waals surface area contributed by atoms with Crippen LogP contribution >= 0.6 is 7.26 Å². The van der Waals surface area contributed by atoms with Crippen molar-refractivity contribution in [1.82, 2.24) is 0 Å². The van der Waals surface area contributed by atoms with Gasteiger partial charge in [0.25, 0.3) is 0 Å². The molecule has 2 N–H and O–H groups in total. The smallest absolute Gasteiger partial charge is 0.345 e. The summed E-state index contributed by atoms with van der Waals surface area (Å²) in [5.74, 6) is -2.04. The van der Waals surface area contributed by atoms with E-state index < -0.39 is 24.9 Å². The number of hydrogen-bond acceptors (Lipinski definition) is 2. The zero-order valence-electron chi connectivity index (χ0n) is 11.2. The molecule has 0 saturated carbocycles. The fraction of sp³-hybridized carbons (Fsp3) is 0.429. The van der Waals surface area contributed by atoms with Crippen molar-refractivity contribution in [2.24, 2.45) is 0 Å². The molecular weight excluding hydrogens is 263 g/mol. The summed E-state index contributed by atoms with van der Waals surface area (Å²) in [5, 5.41) is 19.4. The Bertz CT molecular complexity index is 440. The number of hydrogen-bond donors (Lipinski definition) is 2. The molecule has 0 saturated heterocycles. The molecule has 0 aromatic heterocycles. The molecule has 0 heterocycles. The maximum atomic E-state index is 11.5. The molecule has 1 aromatic rings. The quantitative estimate of drug-likeness (QED) is 0.753. The van der Waals surface area contributed by atoms with Crippen molar-refractivity contribution in [3.8, 4) is 0 Å². The summed E-state index contributed by atoms with van der Waals surface area (Å²) in [6.07, 6.45) is 1.11. The van der Waals surface area contributed by atoms with Crippen molar-refractivity contribution < 1.29 is 19.8 Å². The van der Waals surface area contributed by atoms with Gasteiger partial charge in [-0.15, -0.1) is 0 Å². The Labute approximate surface area is 113 Å². The predicted octanol–water partition coefficient (Wildman–Crippen LogP) is 2.30. The molecule has 0 spiro atoms. The Morgan fingerprint density at radius 3 is 2.00 bits per heavy atom. The van der Waals surface area contributed by atoms with Crippen LogP contribution in [0, 0.1) is 0 Å². The number of carbonyl (C=O) groups is 2. The van der Waals surface area contributed by atoms with Gasteiger partial charge in [-0.05, 0) is 26.0 Å². The van der Waals surface area contributed by atoms with E-state index in [-0.39, 0.29) is 6.42 Å². The fourth-order valence-corrected chi connectivity index (χ4v) is 6.69. The van der Waals surface area contributed by atoms with Crippen molar-refractivity contribution in [3.05, 3.63) is 30.3 Å². The molecule has 1 atom stereocenters. The van der Waals surface area contributed by atoms with E-state index in [1.165, 1.54) is 0 Å². The van der Waals surface area contributed by atoms with Crippen LogP contribution in [0.1, 0.15) is 20.3 Å². The third kappa shape index (κ3) is 3.32. The van der Waals surface area contributed by atoms with Crippen LogP contribution in [-0.2, 0) is 9.59 Å². The molecule has 0 aliphatic rings. The standard InChI is InChI=1S/C14H19O4P/c1-3-19(4-2,11-8-6-5-7-9-11)12(14(17)18)10-13(15)16/h5-9,12H,3-4,10H2,1-2H3,(H-,15,16,17,18)/p+1. The van der Waals surface area contributed by atoms with E-state index in [2.05, 4.69) is 0 Å². The summed E-state index contributed by atoms with van der Waals surface area (Å²) in [5.41, 5.74) is -0.803. The maximum absolute atomic E-state index is 11.5. The SMILES string of the molecule is CC[P+](CC)(c1ccccc1)C(CC(=O)O)C(=O)O. The molecular formula is C14H20O4P+. The van der Waals surface area contributed by atoms with E-state index >= 15 is 0 Å². The van der Waals surface area contributed by atoms with E-state index in [1.807, 2.05) is 44.2 Å². The van der Waals surface area contributed by atoms with Crippen LogP contribution in [0.5, 0.6) is 0 Å². The Morgan fingerprint density at radius 2 is 1.63 bits per heavy atom. The van der Waals surface area contributed by atoms with Gasteiger partial charge in [0.15, 0.2) is 5.66 Å². The van der Waals surface area contributed by atoms with Gasteiger partial charge in [-0.2, -0.15) is 0 Å². The van der Waals surface area contributed by atoms with E-state index in [4.69, 9.17) is 5.11 Å². The molecule has 1 aromatic carbocycles. The summed E-state index contributed by atoms with van der Waals surface area (Å²) >= 11 is 0. The van der Waals surface area contributed by atoms with E-state index in [0.29, 0.717) is 12.3 Å². The van der Waals surface area contributed by atoms with Crippen LogP contribution in [0.4, 0.5) is 0 Å². The van der Waals surface area contributed by atoms with Gasteiger partial charge in [-0.3, -0.25) is 4.79 Å². The fourth-order valence-electron chi connectivity index (χ4n) is 2.57. The molecule has 5 heteroatoms. The van der Waals surface area contributed by atoms with E-state index in [0.717, 1.165) is 5.30 Å². The zero-order valence-corrected chi connectivity index (χ0v) is 12.1. The number of aliphatic carboxylic acids is 2. The van der Waals surface area contributed by atoms with Gasteiger partial charge in [0.2, 0.25) is 0 Å². The monoisotopic (exact) mass is 283 g/mol. The van der Waals surface area contributed by atoms with Crippen LogP contribution in [-0.4, -0.2) is 40.1 Å². The number of rotatable bonds is 7. The van der Waals surface area contributed by atoms with Crippen LogP contribution in [0.25, 0.3) is 0 Å². The highest BCUT2D eigenvalue weighted by atomic mass is 31.2. The molecule has 0 fully saturated rings. The third-order valence-corrected chi connectivity index (χ3v) is 8.83. The summed E-state index contributed by atoms with van der Waals surface area (Å²) in [6, 6.07) is 9.51. The average Bonchev–Trinajstić information content (AvgIpc) is 2.40. The number of benzene rings is 1. The maximum Gasteiger partial charge on any atom is 0.345 e. The van der Waals surface area contributed by atoms with Gasteiger partial charge in [-0.1, -0.05) is 18.2 Å². The first kappa shape index (κ1) is 15.6. The molecule has 0 aliphatic heterocycles. The predicted molar refractivity (Wildman–Crippen MR) is 77.8 cm³/mol. The van der Waals surface area contributed by atoms with Gasteiger partial charge in [-0.25, -0.2) is 4.79 Å². The van der Waals surface area contributed by atoms with Crippen LogP contribution < -0.4 is 5.30 Å². The minimum absolute atomic E-state index is 0.306. The highest BCUT2D eigenvalue weighted by molar-refractivity contribution is 7.84. The minimum Gasteiger partial charge on any atom is -0.481 e. The summed E-state index contributed by atoms with van der Waals surface area (Å²) < 4.78 is 0. The number of carboxylic acid groups (broad SMARTS) is 2. The first-order valence-electron chi connectivity index (χ1n) is 6.35. The van der Waals surface area contributed by atoms with Crippen molar-refractivity contribution in [2.45, 2.75) is 25.9 Å². The van der Waals surface area contributed by atoms with Gasteiger partial charge in [0.1, 0.15) is 0 Å². The lowest BCUT2D eigenvalue weighted by Crippen LogP contribution is -2.34. The number of carboxylic acids is 2. The third-order valence-electron chi connectivity index (χ3n) is 3.65. The second-order valence-corrected chi connectivity index (χ2v) is 8.93. The van der Waals surface area contributed by atoms with E-state index in [1.54, 1.807) is 0 Å². The largest absolute Gasteiger partial charge is 0.481 e. The van der Waals surface area contributed by atoms with Gasteiger partial charge in [0.05, 0.1) is 31.3 Å². The molecule has 1 rings (SSSR count). The molecule has 104 valence electrons. The zero-order chi connectivity index (χ0) is 14.5. The van der Waals surface area contributed by atoms with Crippen molar-refractivity contribution >= 4 is 24.5 Å². The topological polar surface area (TPSA) is 74.6 Å². The summed E-state index contributed by atoms with van der Waals surface area (Å²) in [7, 11) is -2.01. The van der Waals surface area contributed by atoms with Gasteiger partial charge >= 0.3 is 11.9 Å². The Balaban J connectivity index is 3.30. The van der Waals surface area contributed by atoms with Crippen molar-refractivity contribution in [2.75, 3.05) is 12.3 Å². The van der Waals surface area contributed by atoms with Crippen molar-refractivity contribution in [1.29, 1.82) is 0 Å². The lowest BCUT2D eigenvalue weighted by Gasteiger charge is -2.29. The molecule has 4 nitrogen and oxygen atoms in total. The summed E-state index contributed by atoms with van der Waals surface area (Å²) in [6.45, 7) is 3.92. The molecule has 0 amide bonds. The lowest BCUT2D eigenvalue weighted by molar-refractivity contribution is -0.143. The minimum atomic E-state index is -2.01. The summed E-state index contributed by atoms with van der Waals surface area (Å²) in [4.78, 5) is 22.5. The van der Waals surface area contributed by atoms with E-state index in [9.17, 15) is 14.7 Å². The van der Waals surface area contributed by atoms with Crippen molar-refractivity contribution in [3.63, 3.8) is 0 Å². The van der Waals surface area contributed by atoms with Crippen LogP contribution in [0.15, 0.2) is 30.3 Å². The second kappa shape index (κ2) is 6.67. The second-order valence-electron chi connectivity index (χ2n) is 4.45. The molecule has 0 bridgehead atoms. The highest BCUT2D eigenvalue weighted by Gasteiger charge is 2.50. The normalized spacial score (nSPS) is 12.9. The van der Waals surface area contributed by atoms with Gasteiger partial charge in [0, 0.05) is 0 Å².